The van der Waals surface area contributed by atoms with Crippen molar-refractivity contribution in [1.82, 2.24) is 0 Å². The van der Waals surface area contributed by atoms with E-state index < -0.39 is 0 Å². The van der Waals surface area contributed by atoms with Crippen LogP contribution in [0.3, 0.4) is 0 Å². The Labute approximate surface area is 131 Å². The number of amides is 1. The summed E-state index contributed by atoms with van der Waals surface area (Å²) >= 11 is 0. The van der Waals surface area contributed by atoms with Crippen LogP contribution in [0.25, 0.3) is 0 Å². The summed E-state index contributed by atoms with van der Waals surface area (Å²) in [5.41, 5.74) is 2.73. The standard InChI is InChI=1S/C18H21N3O/c1-20-11-13-21(14-12-20)17-9-7-16(8-10-17)19-18(22)15-5-3-2-4-6-15/h2-10H,11-14H2,1H3,(H,19,22)/p+1. The van der Waals surface area contributed by atoms with Gasteiger partial charge in [-0.25, -0.2) is 0 Å². The van der Waals surface area contributed by atoms with Crippen molar-refractivity contribution >= 4 is 17.3 Å². The monoisotopic (exact) mass is 296 g/mol. The van der Waals surface area contributed by atoms with Gasteiger partial charge in [0.1, 0.15) is 0 Å². The quantitative estimate of drug-likeness (QED) is 0.895. The molecule has 0 saturated carbocycles. The van der Waals surface area contributed by atoms with E-state index in [4.69, 9.17) is 0 Å². The maximum atomic E-state index is 12.1. The Bertz CT molecular complexity index is 617. The molecule has 0 aliphatic carbocycles. The molecule has 4 nitrogen and oxygen atoms in total. The highest BCUT2D eigenvalue weighted by atomic mass is 16.1. The first-order chi connectivity index (χ1) is 10.7. The van der Waals surface area contributed by atoms with Crippen molar-refractivity contribution in [2.24, 2.45) is 0 Å². The van der Waals surface area contributed by atoms with Gasteiger partial charge < -0.3 is 15.1 Å². The number of rotatable bonds is 3. The van der Waals surface area contributed by atoms with Gasteiger partial charge in [-0.15, -0.1) is 0 Å². The number of likely N-dealkylation sites (N-methyl/N-ethyl adjacent to an activating group) is 1. The van der Waals surface area contributed by atoms with Crippen molar-refractivity contribution < 1.29 is 9.69 Å². The highest BCUT2D eigenvalue weighted by molar-refractivity contribution is 6.04. The molecule has 114 valence electrons. The molecule has 3 rings (SSSR count). The zero-order valence-corrected chi connectivity index (χ0v) is 12.9. The number of hydrogen-bond acceptors (Lipinski definition) is 2. The SMILES string of the molecule is C[NH+]1CCN(c2ccc(NC(=O)c3ccccc3)cc2)CC1. The molecule has 0 atom stereocenters. The molecule has 1 amide bonds. The topological polar surface area (TPSA) is 36.8 Å². The Kier molecular flexibility index (Phi) is 4.39. The first-order valence-electron chi connectivity index (χ1n) is 7.75. The van der Waals surface area contributed by atoms with Gasteiger partial charge in [0.25, 0.3) is 5.91 Å². The van der Waals surface area contributed by atoms with E-state index in [-0.39, 0.29) is 5.91 Å². The second-order valence-electron chi connectivity index (χ2n) is 5.81. The summed E-state index contributed by atoms with van der Waals surface area (Å²) in [5.74, 6) is -0.0726. The summed E-state index contributed by atoms with van der Waals surface area (Å²) in [7, 11) is 2.24. The third-order valence-corrected chi connectivity index (χ3v) is 4.14. The molecule has 0 radical (unpaired) electrons. The number of carbonyl (C=O) groups is 1. The van der Waals surface area contributed by atoms with Gasteiger partial charge in [0, 0.05) is 16.9 Å². The van der Waals surface area contributed by atoms with Crippen LogP contribution in [0.4, 0.5) is 11.4 Å². The fraction of sp³-hybridized carbons (Fsp3) is 0.278. The van der Waals surface area contributed by atoms with E-state index in [0.29, 0.717) is 5.56 Å². The molecule has 0 spiro atoms. The number of benzene rings is 2. The molecule has 0 unspecified atom stereocenters. The van der Waals surface area contributed by atoms with Gasteiger partial charge in [-0.1, -0.05) is 18.2 Å². The van der Waals surface area contributed by atoms with Crippen LogP contribution in [0.1, 0.15) is 10.4 Å². The largest absolute Gasteiger partial charge is 0.360 e. The number of hydrogen-bond donors (Lipinski definition) is 2. The molecule has 2 aromatic rings. The fourth-order valence-electron chi connectivity index (χ4n) is 2.70. The van der Waals surface area contributed by atoms with Crippen LogP contribution in [0.15, 0.2) is 54.6 Å². The van der Waals surface area contributed by atoms with E-state index in [1.54, 1.807) is 4.90 Å². The second-order valence-corrected chi connectivity index (χ2v) is 5.81. The molecule has 1 aliphatic heterocycles. The lowest BCUT2D eigenvalue weighted by atomic mass is 10.2. The molecule has 2 aromatic carbocycles. The molecule has 1 fully saturated rings. The Morgan fingerprint density at radius 3 is 2.27 bits per heavy atom. The molecule has 1 saturated heterocycles. The van der Waals surface area contributed by atoms with Crippen molar-refractivity contribution in [2.75, 3.05) is 43.4 Å². The number of quaternary nitrogens is 1. The second kappa shape index (κ2) is 6.62. The highest BCUT2D eigenvalue weighted by Gasteiger charge is 2.16. The van der Waals surface area contributed by atoms with Gasteiger partial charge in [-0.05, 0) is 36.4 Å². The first kappa shape index (κ1) is 14.6. The lowest BCUT2D eigenvalue weighted by Gasteiger charge is -2.31. The summed E-state index contributed by atoms with van der Waals surface area (Å²) in [4.78, 5) is 16.1. The maximum absolute atomic E-state index is 12.1. The number of nitrogens with one attached hydrogen (secondary N) is 2. The van der Waals surface area contributed by atoms with Crippen LogP contribution in [-0.4, -0.2) is 39.1 Å². The molecular formula is C18H22N3O+. The summed E-state index contributed by atoms with van der Waals surface area (Å²) in [6.07, 6.45) is 0. The molecule has 22 heavy (non-hydrogen) atoms. The van der Waals surface area contributed by atoms with E-state index in [0.717, 1.165) is 18.8 Å². The summed E-state index contributed by atoms with van der Waals surface area (Å²) in [5, 5.41) is 2.93. The van der Waals surface area contributed by atoms with Crippen LogP contribution in [0, 0.1) is 0 Å². The van der Waals surface area contributed by atoms with E-state index in [9.17, 15) is 4.79 Å². The van der Waals surface area contributed by atoms with Gasteiger partial charge in [0.2, 0.25) is 0 Å². The van der Waals surface area contributed by atoms with E-state index >= 15 is 0 Å². The molecular weight excluding hydrogens is 274 g/mol. The van der Waals surface area contributed by atoms with Crippen LogP contribution >= 0.6 is 0 Å². The van der Waals surface area contributed by atoms with Crippen molar-refractivity contribution in [2.45, 2.75) is 0 Å². The predicted octanol–water partition coefficient (Wildman–Crippen LogP) is 1.27. The third kappa shape index (κ3) is 3.46. The van der Waals surface area contributed by atoms with Crippen molar-refractivity contribution in [3.8, 4) is 0 Å². The van der Waals surface area contributed by atoms with Crippen molar-refractivity contribution in [1.29, 1.82) is 0 Å². The number of piperazine rings is 1. The zero-order chi connectivity index (χ0) is 15.4. The average Bonchev–Trinajstić information content (AvgIpc) is 2.57. The van der Waals surface area contributed by atoms with Gasteiger partial charge in [0.05, 0.1) is 33.2 Å². The van der Waals surface area contributed by atoms with E-state index in [1.165, 1.54) is 18.8 Å². The molecule has 4 heteroatoms. The smallest absolute Gasteiger partial charge is 0.255 e. The number of carbonyl (C=O) groups excluding carboxylic acids is 1. The lowest BCUT2D eigenvalue weighted by Crippen LogP contribution is -3.12. The number of nitrogens with zero attached hydrogens (tertiary/aromatic N) is 1. The van der Waals surface area contributed by atoms with E-state index in [2.05, 4.69) is 29.4 Å². The first-order valence-corrected chi connectivity index (χ1v) is 7.75. The summed E-state index contributed by atoms with van der Waals surface area (Å²) in [6, 6.07) is 17.4. The Balaban J connectivity index is 1.63. The van der Waals surface area contributed by atoms with E-state index in [1.807, 2.05) is 42.5 Å². The van der Waals surface area contributed by atoms with Gasteiger partial charge in [0.15, 0.2) is 0 Å². The van der Waals surface area contributed by atoms with Gasteiger partial charge in [-0.2, -0.15) is 0 Å². The molecule has 0 aromatic heterocycles. The Morgan fingerprint density at radius 1 is 1.00 bits per heavy atom. The maximum Gasteiger partial charge on any atom is 0.255 e. The number of anilines is 2. The molecule has 1 aliphatic rings. The molecule has 2 N–H and O–H groups in total. The zero-order valence-electron chi connectivity index (χ0n) is 12.9. The van der Waals surface area contributed by atoms with Crippen molar-refractivity contribution in [3.05, 3.63) is 60.2 Å². The molecule has 1 heterocycles. The third-order valence-electron chi connectivity index (χ3n) is 4.14. The van der Waals surface area contributed by atoms with Gasteiger partial charge >= 0.3 is 0 Å². The minimum atomic E-state index is -0.0726. The minimum absolute atomic E-state index is 0.0726. The molecule has 0 bridgehead atoms. The Morgan fingerprint density at radius 2 is 1.64 bits per heavy atom. The predicted molar refractivity (Wildman–Crippen MR) is 89.7 cm³/mol. The normalized spacial score (nSPS) is 15.6. The van der Waals surface area contributed by atoms with Crippen LogP contribution in [0.2, 0.25) is 0 Å². The van der Waals surface area contributed by atoms with Crippen molar-refractivity contribution in [3.63, 3.8) is 0 Å². The van der Waals surface area contributed by atoms with Crippen LogP contribution < -0.4 is 15.1 Å². The van der Waals surface area contributed by atoms with Crippen LogP contribution in [0.5, 0.6) is 0 Å². The lowest BCUT2D eigenvalue weighted by molar-refractivity contribution is -0.880. The van der Waals surface area contributed by atoms with Gasteiger partial charge in [-0.3, -0.25) is 4.79 Å². The fourth-order valence-corrected chi connectivity index (χ4v) is 2.70. The summed E-state index contributed by atoms with van der Waals surface area (Å²) in [6.45, 7) is 4.52. The average molecular weight is 296 g/mol. The summed E-state index contributed by atoms with van der Waals surface area (Å²) < 4.78 is 0. The highest BCUT2D eigenvalue weighted by Crippen LogP contribution is 2.18. The van der Waals surface area contributed by atoms with Crippen LogP contribution in [-0.2, 0) is 0 Å². The Hall–Kier alpha value is -2.33. The minimum Gasteiger partial charge on any atom is -0.360 e.